The Balaban J connectivity index is 2.66. The van der Waals surface area contributed by atoms with Gasteiger partial charge in [0.25, 0.3) is 0 Å². The quantitative estimate of drug-likeness (QED) is 0.460. The molecule has 4 heteroatoms. The van der Waals surface area contributed by atoms with Crippen molar-refractivity contribution in [3.8, 4) is 0 Å². The van der Waals surface area contributed by atoms with Crippen LogP contribution in [0, 0.1) is 26.7 Å². The lowest BCUT2D eigenvalue weighted by molar-refractivity contribution is 0.216. The largest absolute Gasteiger partial charge is 0.244 e. The van der Waals surface area contributed by atoms with Crippen LogP contribution in [0.25, 0.3) is 0 Å². The highest BCUT2D eigenvalue weighted by Crippen LogP contribution is 2.33. The Morgan fingerprint density at radius 1 is 1.26 bits per heavy atom. The monoisotopic (exact) mass is 387 g/mol. The van der Waals surface area contributed by atoms with Gasteiger partial charge in [-0.15, -0.1) is 5.73 Å². The van der Waals surface area contributed by atoms with Crippen LogP contribution in [-0.2, 0) is 10.0 Å². The summed E-state index contributed by atoms with van der Waals surface area (Å²) in [7, 11) is -3.64. The van der Waals surface area contributed by atoms with Crippen molar-refractivity contribution in [1.82, 2.24) is 4.31 Å². The summed E-state index contributed by atoms with van der Waals surface area (Å²) >= 11 is 0. The lowest BCUT2D eigenvalue weighted by atomic mass is 9.96. The molecule has 0 amide bonds. The van der Waals surface area contributed by atoms with E-state index >= 15 is 0 Å². The van der Waals surface area contributed by atoms with Gasteiger partial charge in [0.2, 0.25) is 10.0 Å². The predicted octanol–water partition coefficient (Wildman–Crippen LogP) is 5.47. The first-order valence-corrected chi connectivity index (χ1v) is 11.3. The molecule has 0 unspecified atom stereocenters. The van der Waals surface area contributed by atoms with E-state index in [0.29, 0.717) is 11.3 Å². The molecule has 2 atom stereocenters. The van der Waals surface area contributed by atoms with Gasteiger partial charge in [-0.1, -0.05) is 50.3 Å². The van der Waals surface area contributed by atoms with E-state index in [0.717, 1.165) is 36.0 Å². The summed E-state index contributed by atoms with van der Waals surface area (Å²) in [5.74, 6) is 0.186. The van der Waals surface area contributed by atoms with Gasteiger partial charge >= 0.3 is 0 Å². The van der Waals surface area contributed by atoms with Crippen LogP contribution in [0.15, 0.2) is 47.6 Å². The Morgan fingerprint density at radius 3 is 2.37 bits per heavy atom. The van der Waals surface area contributed by atoms with Crippen LogP contribution < -0.4 is 0 Å². The summed E-state index contributed by atoms with van der Waals surface area (Å²) in [6, 6.07) is 3.69. The van der Waals surface area contributed by atoms with E-state index in [4.69, 9.17) is 0 Å². The van der Waals surface area contributed by atoms with E-state index in [-0.39, 0.29) is 18.0 Å². The maximum absolute atomic E-state index is 13.9. The summed E-state index contributed by atoms with van der Waals surface area (Å²) in [5, 5.41) is 0. The third-order valence-corrected chi connectivity index (χ3v) is 7.55. The van der Waals surface area contributed by atoms with Crippen LogP contribution in [0.1, 0.15) is 56.2 Å². The van der Waals surface area contributed by atoms with Gasteiger partial charge in [-0.3, -0.25) is 0 Å². The Labute approximate surface area is 165 Å². The molecule has 0 saturated carbocycles. The third kappa shape index (κ3) is 4.82. The summed E-state index contributed by atoms with van der Waals surface area (Å²) in [6.45, 7) is 13.6. The van der Waals surface area contributed by atoms with Crippen molar-refractivity contribution in [3.05, 3.63) is 59.4 Å². The lowest BCUT2D eigenvalue weighted by Gasteiger charge is -2.39. The molecule has 148 valence electrons. The number of allylic oxidation sites excluding steroid dienone is 1. The molecule has 0 aromatic heterocycles. The van der Waals surface area contributed by atoms with Gasteiger partial charge in [0.05, 0.1) is 4.90 Å². The van der Waals surface area contributed by atoms with Gasteiger partial charge in [-0.25, -0.2) is 8.42 Å². The topological polar surface area (TPSA) is 37.4 Å². The molecule has 0 spiro atoms. The highest BCUT2D eigenvalue weighted by Gasteiger charge is 2.39. The number of hydrogen-bond acceptors (Lipinski definition) is 2. The minimum absolute atomic E-state index is 0.102. The van der Waals surface area contributed by atoms with E-state index in [2.05, 4.69) is 38.3 Å². The van der Waals surface area contributed by atoms with Crippen LogP contribution >= 0.6 is 0 Å². The first-order valence-electron chi connectivity index (χ1n) is 9.82. The van der Waals surface area contributed by atoms with Gasteiger partial charge < -0.3 is 0 Å². The second kappa shape index (κ2) is 9.05. The Kier molecular flexibility index (Phi) is 7.27. The number of rotatable bonds is 7. The Hall–Kier alpha value is -1.61. The van der Waals surface area contributed by atoms with Crippen molar-refractivity contribution in [2.45, 2.75) is 77.3 Å². The zero-order chi connectivity index (χ0) is 20.2. The van der Waals surface area contributed by atoms with Crippen molar-refractivity contribution in [1.29, 1.82) is 0 Å². The van der Waals surface area contributed by atoms with E-state index in [1.807, 2.05) is 39.0 Å². The molecule has 2 rings (SSSR count). The van der Waals surface area contributed by atoms with Crippen molar-refractivity contribution in [2.24, 2.45) is 5.92 Å². The molecule has 1 aromatic rings. The average molecular weight is 388 g/mol. The molecule has 1 aliphatic carbocycles. The van der Waals surface area contributed by atoms with Crippen LogP contribution in [-0.4, -0.2) is 24.8 Å². The van der Waals surface area contributed by atoms with E-state index < -0.39 is 10.0 Å². The minimum Gasteiger partial charge on any atom is -0.207 e. The van der Waals surface area contributed by atoms with Gasteiger partial charge in [-0.05, 0) is 69.6 Å². The Morgan fingerprint density at radius 2 is 1.89 bits per heavy atom. The molecule has 0 heterocycles. The smallest absolute Gasteiger partial charge is 0.207 e. The molecule has 27 heavy (non-hydrogen) atoms. The van der Waals surface area contributed by atoms with Gasteiger partial charge in [0, 0.05) is 12.1 Å². The molecular weight excluding hydrogens is 354 g/mol. The van der Waals surface area contributed by atoms with Crippen LogP contribution in [0.3, 0.4) is 0 Å². The number of nitrogens with zero attached hydrogens (tertiary/aromatic N) is 1. The van der Waals surface area contributed by atoms with Crippen LogP contribution in [0.4, 0.5) is 0 Å². The predicted molar refractivity (Wildman–Crippen MR) is 113 cm³/mol. The normalized spacial score (nSPS) is 18.6. The van der Waals surface area contributed by atoms with E-state index in [9.17, 15) is 8.42 Å². The second-order valence-corrected chi connectivity index (χ2v) is 9.72. The second-order valence-electron chi connectivity index (χ2n) is 7.94. The molecule has 0 aliphatic heterocycles. The molecule has 3 nitrogen and oxygen atoms in total. The number of hydrogen-bond donors (Lipinski definition) is 0. The van der Waals surface area contributed by atoms with Crippen LogP contribution in [0.2, 0.25) is 0 Å². The summed E-state index contributed by atoms with van der Waals surface area (Å²) in [6.07, 6.45) is 9.57. The average Bonchev–Trinajstić information content (AvgIpc) is 2.57. The minimum atomic E-state index is -3.64. The molecule has 0 N–H and O–H groups in total. The number of benzene rings is 1. The zero-order valence-corrected chi connectivity index (χ0v) is 18.1. The van der Waals surface area contributed by atoms with E-state index in [1.165, 1.54) is 0 Å². The molecular formula is C23H33NO2S. The van der Waals surface area contributed by atoms with Crippen molar-refractivity contribution in [2.75, 3.05) is 0 Å². The van der Waals surface area contributed by atoms with Crippen molar-refractivity contribution in [3.63, 3.8) is 0 Å². The zero-order valence-electron chi connectivity index (χ0n) is 17.3. The van der Waals surface area contributed by atoms with Crippen molar-refractivity contribution < 1.29 is 8.42 Å². The van der Waals surface area contributed by atoms with Crippen molar-refractivity contribution >= 4 is 10.0 Å². The molecule has 1 aromatic carbocycles. The lowest BCUT2D eigenvalue weighted by Crippen LogP contribution is -2.49. The standard InChI is InChI=1S/C23H33NO2S/c1-7-8-14-22(17(2)3)24(21-12-10-9-11-13-21)27(25,26)23-19(5)15-18(4)16-20(23)6/h8,10,12,15-17,21-22H,1,9,11,13-14H2,2-6H3/t21-,22-/m0/s1. The highest BCUT2D eigenvalue weighted by molar-refractivity contribution is 7.89. The first-order chi connectivity index (χ1) is 12.7. The molecule has 0 saturated heterocycles. The Bertz CT molecular complexity index is 822. The SMILES string of the molecule is C=C=CC[C@@H](C(C)C)N([C@H]1C=CCCC1)S(=O)(=O)c1c(C)cc(C)cc1C. The summed E-state index contributed by atoms with van der Waals surface area (Å²) < 4.78 is 29.6. The van der Waals surface area contributed by atoms with E-state index in [1.54, 1.807) is 4.31 Å². The molecule has 0 bridgehead atoms. The van der Waals surface area contributed by atoms with Gasteiger partial charge in [0.15, 0.2) is 0 Å². The fraction of sp³-hybridized carbons (Fsp3) is 0.522. The van der Waals surface area contributed by atoms with Gasteiger partial charge in [0.1, 0.15) is 0 Å². The maximum atomic E-state index is 13.9. The molecule has 1 aliphatic rings. The fourth-order valence-corrected chi connectivity index (χ4v) is 6.52. The summed E-state index contributed by atoms with van der Waals surface area (Å²) in [4.78, 5) is 0.459. The maximum Gasteiger partial charge on any atom is 0.244 e. The van der Waals surface area contributed by atoms with Gasteiger partial charge in [-0.2, -0.15) is 4.31 Å². The number of sulfonamides is 1. The highest BCUT2D eigenvalue weighted by atomic mass is 32.2. The fourth-order valence-electron chi connectivity index (χ4n) is 4.16. The molecule has 0 radical (unpaired) electrons. The number of aryl methyl sites for hydroxylation is 3. The molecule has 0 fully saturated rings. The third-order valence-electron chi connectivity index (χ3n) is 5.30. The first kappa shape index (κ1) is 21.7. The van der Waals surface area contributed by atoms with Crippen LogP contribution in [0.5, 0.6) is 0 Å². The summed E-state index contributed by atoms with van der Waals surface area (Å²) in [5.41, 5.74) is 5.54.